The lowest BCUT2D eigenvalue weighted by Gasteiger charge is -2.08. The van der Waals surface area contributed by atoms with Gasteiger partial charge in [0.1, 0.15) is 0 Å². The van der Waals surface area contributed by atoms with Crippen molar-refractivity contribution in [3.63, 3.8) is 0 Å². The van der Waals surface area contributed by atoms with Crippen molar-refractivity contribution in [3.05, 3.63) is 42.7 Å². The Kier molecular flexibility index (Phi) is 4.28. The van der Waals surface area contributed by atoms with E-state index in [2.05, 4.69) is 15.7 Å². The van der Waals surface area contributed by atoms with Gasteiger partial charge in [-0.3, -0.25) is 14.4 Å². The molecule has 124 valence electrons. The van der Waals surface area contributed by atoms with Gasteiger partial charge in [-0.15, -0.1) is 0 Å². The van der Waals surface area contributed by atoms with Crippen LogP contribution in [0.3, 0.4) is 0 Å². The minimum absolute atomic E-state index is 0.192. The maximum Gasteiger partial charge on any atom is 0.307 e. The minimum atomic E-state index is -0.975. The topological polar surface area (TPSA) is 113 Å². The van der Waals surface area contributed by atoms with Gasteiger partial charge in [-0.2, -0.15) is 5.10 Å². The number of carboxylic acid groups (broad SMARTS) is 1. The quantitative estimate of drug-likeness (QED) is 0.720. The Morgan fingerprint density at radius 3 is 2.54 bits per heavy atom. The molecule has 3 rings (SSSR count). The van der Waals surface area contributed by atoms with Gasteiger partial charge in [-0.05, 0) is 36.8 Å². The molecule has 2 aromatic rings. The molecule has 8 heteroatoms. The molecule has 0 aliphatic heterocycles. The van der Waals surface area contributed by atoms with Gasteiger partial charge in [0, 0.05) is 18.1 Å². The third-order valence-corrected chi connectivity index (χ3v) is 3.79. The van der Waals surface area contributed by atoms with Crippen molar-refractivity contribution in [3.8, 4) is 5.69 Å². The number of carboxylic acids is 1. The first kappa shape index (κ1) is 15.7. The summed E-state index contributed by atoms with van der Waals surface area (Å²) in [5.41, 5.74) is 1.46. The number of carbonyl (C=O) groups excluding carboxylic acids is 2. The summed E-state index contributed by atoms with van der Waals surface area (Å²) in [5, 5.41) is 18.0. The predicted octanol–water partition coefficient (Wildman–Crippen LogP) is 0.648. The van der Waals surface area contributed by atoms with Crippen LogP contribution < -0.4 is 10.6 Å². The molecule has 1 heterocycles. The van der Waals surface area contributed by atoms with Crippen LogP contribution in [0.15, 0.2) is 42.7 Å². The third kappa shape index (κ3) is 3.60. The van der Waals surface area contributed by atoms with Crippen LogP contribution in [0.1, 0.15) is 6.42 Å². The molecule has 1 aromatic heterocycles. The summed E-state index contributed by atoms with van der Waals surface area (Å²) in [5.74, 6) is -2.89. The highest BCUT2D eigenvalue weighted by atomic mass is 16.4. The fourth-order valence-corrected chi connectivity index (χ4v) is 2.38. The molecule has 0 radical (unpaired) electrons. The number of nitrogens with zero attached hydrogens (tertiary/aromatic N) is 2. The molecule has 1 aliphatic rings. The van der Waals surface area contributed by atoms with Gasteiger partial charge in [0.2, 0.25) is 11.8 Å². The highest BCUT2D eigenvalue weighted by Crippen LogP contribution is 2.38. The normalized spacial score (nSPS) is 18.7. The van der Waals surface area contributed by atoms with Crippen LogP contribution in [0.4, 0.5) is 5.69 Å². The van der Waals surface area contributed by atoms with Crippen LogP contribution in [0.25, 0.3) is 5.69 Å². The fourth-order valence-electron chi connectivity index (χ4n) is 2.38. The zero-order chi connectivity index (χ0) is 17.1. The average Bonchev–Trinajstić information content (AvgIpc) is 3.20. The van der Waals surface area contributed by atoms with Crippen molar-refractivity contribution >= 4 is 23.5 Å². The first-order chi connectivity index (χ1) is 11.5. The third-order valence-electron chi connectivity index (χ3n) is 3.79. The molecule has 1 aromatic carbocycles. The van der Waals surface area contributed by atoms with Gasteiger partial charge in [0.15, 0.2) is 0 Å². The summed E-state index contributed by atoms with van der Waals surface area (Å²) in [7, 11) is 0. The number of benzene rings is 1. The van der Waals surface area contributed by atoms with Gasteiger partial charge >= 0.3 is 5.97 Å². The number of nitrogens with one attached hydrogen (secondary N) is 2. The van der Waals surface area contributed by atoms with E-state index in [-0.39, 0.29) is 12.5 Å². The van der Waals surface area contributed by atoms with Crippen LogP contribution in [0.2, 0.25) is 0 Å². The van der Waals surface area contributed by atoms with E-state index in [0.29, 0.717) is 12.1 Å². The molecule has 24 heavy (non-hydrogen) atoms. The number of carbonyl (C=O) groups is 3. The zero-order valence-corrected chi connectivity index (χ0v) is 12.7. The number of hydrogen-bond donors (Lipinski definition) is 3. The van der Waals surface area contributed by atoms with Crippen LogP contribution >= 0.6 is 0 Å². The smallest absolute Gasteiger partial charge is 0.307 e. The summed E-state index contributed by atoms with van der Waals surface area (Å²) >= 11 is 0. The van der Waals surface area contributed by atoms with Crippen molar-refractivity contribution in [2.75, 3.05) is 11.9 Å². The van der Waals surface area contributed by atoms with Gasteiger partial charge in [-0.25, -0.2) is 4.68 Å². The molecule has 1 fully saturated rings. The summed E-state index contributed by atoms with van der Waals surface area (Å²) in [4.78, 5) is 34.2. The molecule has 2 unspecified atom stereocenters. The largest absolute Gasteiger partial charge is 0.481 e. The Balaban J connectivity index is 1.47. The van der Waals surface area contributed by atoms with Gasteiger partial charge in [-0.1, -0.05) is 0 Å². The molecule has 0 bridgehead atoms. The van der Waals surface area contributed by atoms with E-state index in [1.54, 1.807) is 23.0 Å². The maximum atomic E-state index is 11.8. The Bertz CT molecular complexity index is 755. The molecule has 0 saturated heterocycles. The van der Waals surface area contributed by atoms with E-state index in [9.17, 15) is 14.4 Å². The summed E-state index contributed by atoms with van der Waals surface area (Å²) in [6.07, 6.45) is 3.82. The van der Waals surface area contributed by atoms with Crippen molar-refractivity contribution in [1.82, 2.24) is 15.1 Å². The van der Waals surface area contributed by atoms with E-state index >= 15 is 0 Å². The Labute approximate surface area is 137 Å². The lowest BCUT2D eigenvalue weighted by atomic mass is 10.2. The van der Waals surface area contributed by atoms with Gasteiger partial charge in [0.05, 0.1) is 24.1 Å². The summed E-state index contributed by atoms with van der Waals surface area (Å²) in [6.45, 7) is -0.192. The number of anilines is 1. The fraction of sp³-hybridized carbons (Fsp3) is 0.250. The lowest BCUT2D eigenvalue weighted by Crippen LogP contribution is -2.34. The van der Waals surface area contributed by atoms with Gasteiger partial charge < -0.3 is 15.7 Å². The van der Waals surface area contributed by atoms with Gasteiger partial charge in [0.25, 0.3) is 0 Å². The Hall–Kier alpha value is -3.16. The van der Waals surface area contributed by atoms with E-state index in [4.69, 9.17) is 5.11 Å². The average molecular weight is 328 g/mol. The van der Waals surface area contributed by atoms with E-state index in [1.807, 2.05) is 24.4 Å². The summed E-state index contributed by atoms with van der Waals surface area (Å²) in [6, 6.07) is 8.90. The maximum absolute atomic E-state index is 11.8. The van der Waals surface area contributed by atoms with E-state index in [1.165, 1.54) is 0 Å². The number of hydrogen-bond acceptors (Lipinski definition) is 4. The van der Waals surface area contributed by atoms with Crippen LogP contribution in [-0.2, 0) is 14.4 Å². The van der Waals surface area contributed by atoms with Crippen molar-refractivity contribution in [1.29, 1.82) is 0 Å². The Morgan fingerprint density at radius 1 is 1.21 bits per heavy atom. The zero-order valence-electron chi connectivity index (χ0n) is 12.7. The van der Waals surface area contributed by atoms with Crippen LogP contribution in [0, 0.1) is 11.8 Å². The van der Waals surface area contributed by atoms with Crippen molar-refractivity contribution in [2.45, 2.75) is 6.42 Å². The molecular formula is C16H16N4O4. The molecule has 1 saturated carbocycles. The minimum Gasteiger partial charge on any atom is -0.481 e. The second kappa shape index (κ2) is 6.53. The second-order valence-corrected chi connectivity index (χ2v) is 5.55. The van der Waals surface area contributed by atoms with Crippen LogP contribution in [0.5, 0.6) is 0 Å². The highest BCUT2D eigenvalue weighted by Gasteiger charge is 2.48. The van der Waals surface area contributed by atoms with Crippen LogP contribution in [-0.4, -0.2) is 39.2 Å². The predicted molar refractivity (Wildman–Crippen MR) is 84.4 cm³/mol. The number of aliphatic carboxylic acids is 1. The van der Waals surface area contributed by atoms with Crippen molar-refractivity contribution in [2.24, 2.45) is 11.8 Å². The van der Waals surface area contributed by atoms with E-state index < -0.39 is 23.7 Å². The molecule has 2 amide bonds. The molecule has 0 spiro atoms. The molecule has 1 aliphatic carbocycles. The lowest BCUT2D eigenvalue weighted by molar-refractivity contribution is -0.140. The first-order valence-electron chi connectivity index (χ1n) is 7.45. The highest BCUT2D eigenvalue weighted by molar-refractivity contribution is 5.96. The molecule has 8 nitrogen and oxygen atoms in total. The first-order valence-corrected chi connectivity index (χ1v) is 7.45. The standard InChI is InChI=1S/C16H16N4O4/c21-14(9-17-15(22)12-8-13(12)16(23)24)19-10-2-4-11(5-3-10)20-7-1-6-18-20/h1-7,12-13H,8-9H2,(H,17,22)(H,19,21)(H,23,24). The molecule has 2 atom stereocenters. The summed E-state index contributed by atoms with van der Waals surface area (Å²) < 4.78 is 1.69. The monoisotopic (exact) mass is 328 g/mol. The Morgan fingerprint density at radius 2 is 1.96 bits per heavy atom. The second-order valence-electron chi connectivity index (χ2n) is 5.55. The van der Waals surface area contributed by atoms with E-state index in [0.717, 1.165) is 5.69 Å². The number of aromatic nitrogens is 2. The molecule has 3 N–H and O–H groups in total. The number of amides is 2. The molecular weight excluding hydrogens is 312 g/mol. The SMILES string of the molecule is O=C(CNC(=O)C1CC1C(=O)O)Nc1ccc(-n2cccn2)cc1. The van der Waals surface area contributed by atoms with Crippen molar-refractivity contribution < 1.29 is 19.5 Å². The number of rotatable bonds is 6.